The molecule has 2 heterocycles. The van der Waals surface area contributed by atoms with Crippen LogP contribution in [0, 0.1) is 5.92 Å². The second kappa shape index (κ2) is 13.1. The lowest BCUT2D eigenvalue weighted by atomic mass is 10.1. The molecule has 2 aliphatic heterocycles. The molecule has 0 radical (unpaired) electrons. The zero-order valence-electron chi connectivity index (χ0n) is 24.0. The highest BCUT2D eigenvalue weighted by molar-refractivity contribution is 7.87. The molecule has 0 aromatic heterocycles. The lowest BCUT2D eigenvalue weighted by molar-refractivity contribution is -0.118. The fraction of sp³-hybridized carbons (Fsp3) is 0.0400. The standard InChI is InChI=1S/C25H22N6O14S4/c26-22-18(24(32)30(28-22)14-10-16(47(37,38)39)12-17(11-14)48(40,41)42)6-4-2-1-3-5-7-19-23(27)29-31(25(19)33)20-9-8-15(46(34,35)36)13-21(20)49(43,44)45/h1-13,18H,(H2,26,28)(H2,27,29)(H,34,35,36)(H,37,38,39)(H,40,41,42)(H,43,44,45)/b2-1+,5-3+,6-4+,19-7-. The van der Waals surface area contributed by atoms with Crippen LogP contribution < -0.4 is 21.5 Å². The molecule has 2 aliphatic rings. The van der Waals surface area contributed by atoms with Crippen LogP contribution in [-0.4, -0.2) is 75.4 Å². The van der Waals surface area contributed by atoms with Crippen molar-refractivity contribution in [2.45, 2.75) is 19.6 Å². The van der Waals surface area contributed by atoms with Crippen LogP contribution >= 0.6 is 0 Å². The number of nitrogens with zero attached hydrogens (tertiary/aromatic N) is 4. The molecule has 20 nitrogen and oxygen atoms in total. The van der Waals surface area contributed by atoms with Crippen LogP contribution in [0.1, 0.15) is 0 Å². The number of allylic oxidation sites excluding steroid dienone is 6. The summed E-state index contributed by atoms with van der Waals surface area (Å²) < 4.78 is 130. The number of benzene rings is 2. The molecular weight excluding hydrogens is 737 g/mol. The maximum absolute atomic E-state index is 12.9. The average molecular weight is 759 g/mol. The molecule has 0 spiro atoms. The number of carbonyl (C=O) groups excluding carboxylic acids is 2. The molecule has 0 bridgehead atoms. The third-order valence-corrected chi connectivity index (χ3v) is 9.76. The van der Waals surface area contributed by atoms with Gasteiger partial charge in [0.05, 0.1) is 31.6 Å². The predicted molar refractivity (Wildman–Crippen MR) is 169 cm³/mol. The molecule has 1 atom stereocenters. The van der Waals surface area contributed by atoms with Crippen LogP contribution in [0.25, 0.3) is 0 Å². The summed E-state index contributed by atoms with van der Waals surface area (Å²) in [6, 6.07) is 3.96. The van der Waals surface area contributed by atoms with Gasteiger partial charge >= 0.3 is 0 Å². The second-order valence-electron chi connectivity index (χ2n) is 9.68. The van der Waals surface area contributed by atoms with Crippen molar-refractivity contribution in [1.29, 1.82) is 0 Å². The van der Waals surface area contributed by atoms with E-state index in [2.05, 4.69) is 10.2 Å². The molecule has 260 valence electrons. The largest absolute Gasteiger partial charge is 0.385 e. The van der Waals surface area contributed by atoms with Crippen LogP contribution in [0.3, 0.4) is 0 Å². The number of rotatable bonds is 10. The van der Waals surface area contributed by atoms with Crippen molar-refractivity contribution < 1.29 is 61.5 Å². The van der Waals surface area contributed by atoms with Crippen molar-refractivity contribution in [2.24, 2.45) is 27.6 Å². The number of anilines is 2. The number of carbonyl (C=O) groups is 2. The highest BCUT2D eigenvalue weighted by atomic mass is 32.2. The Bertz CT molecular complexity index is 2360. The molecule has 0 saturated carbocycles. The molecule has 0 fully saturated rings. The molecule has 0 aliphatic carbocycles. The first-order chi connectivity index (χ1) is 22.5. The lowest BCUT2D eigenvalue weighted by Crippen LogP contribution is -2.28. The SMILES string of the molecule is NC1=NN(c2ccc(S(=O)(=O)O)cc2S(=O)(=O)O)C(=O)\C1=C/C=C/C=C/C=C/C1C(=O)N(c2cc(S(=O)(=O)O)cc(S(=O)(=O)O)c2)N=C1N. The fourth-order valence-electron chi connectivity index (χ4n) is 4.13. The minimum atomic E-state index is -5.12. The molecule has 8 N–H and O–H groups in total. The van der Waals surface area contributed by atoms with Crippen LogP contribution in [0.15, 0.2) is 114 Å². The average Bonchev–Trinajstić information content (AvgIpc) is 3.43. The third kappa shape index (κ3) is 8.15. The zero-order chi connectivity index (χ0) is 36.7. The molecule has 0 saturated heterocycles. The number of amides is 2. The number of nitrogens with two attached hydrogens (primary N) is 2. The molecule has 2 aromatic rings. The van der Waals surface area contributed by atoms with Gasteiger partial charge in [0.2, 0.25) is 0 Å². The number of hydrazone groups is 2. The summed E-state index contributed by atoms with van der Waals surface area (Å²) >= 11 is 0. The van der Waals surface area contributed by atoms with E-state index in [0.717, 1.165) is 24.3 Å². The van der Waals surface area contributed by atoms with Gasteiger partial charge < -0.3 is 11.5 Å². The third-order valence-electron chi connectivity index (χ3n) is 6.37. The quantitative estimate of drug-likeness (QED) is 0.104. The number of hydrogen-bond acceptors (Lipinski definition) is 14. The molecule has 2 amide bonds. The van der Waals surface area contributed by atoms with Crippen LogP contribution in [0.2, 0.25) is 0 Å². The summed E-state index contributed by atoms with van der Waals surface area (Å²) in [7, 11) is -19.9. The number of hydrogen-bond donors (Lipinski definition) is 6. The zero-order valence-corrected chi connectivity index (χ0v) is 27.3. The summed E-state index contributed by atoms with van der Waals surface area (Å²) in [5.74, 6) is -3.65. The van der Waals surface area contributed by atoms with E-state index >= 15 is 0 Å². The Balaban J connectivity index is 1.48. The van der Waals surface area contributed by atoms with E-state index < -0.39 is 89.2 Å². The Morgan fingerprint density at radius 2 is 1.20 bits per heavy atom. The van der Waals surface area contributed by atoms with Gasteiger partial charge in [0.15, 0.2) is 5.84 Å². The van der Waals surface area contributed by atoms with E-state index in [0.29, 0.717) is 22.2 Å². The van der Waals surface area contributed by atoms with Crippen molar-refractivity contribution in [3.05, 3.63) is 84.5 Å². The van der Waals surface area contributed by atoms with E-state index in [-0.39, 0.29) is 17.2 Å². The second-order valence-corrected chi connectivity index (χ2v) is 15.3. The van der Waals surface area contributed by atoms with Crippen molar-refractivity contribution >= 4 is 75.3 Å². The molecule has 49 heavy (non-hydrogen) atoms. The van der Waals surface area contributed by atoms with Gasteiger partial charge in [-0.3, -0.25) is 27.8 Å². The normalized spacial score (nSPS) is 18.9. The predicted octanol–water partition coefficient (Wildman–Crippen LogP) is -0.178. The first kappa shape index (κ1) is 36.8. The topological polar surface area (TPSA) is 335 Å². The van der Waals surface area contributed by atoms with E-state index in [9.17, 15) is 61.5 Å². The Labute approximate surface area is 277 Å². The highest BCUT2D eigenvalue weighted by Crippen LogP contribution is 2.32. The summed E-state index contributed by atoms with van der Waals surface area (Å²) in [6.07, 6.45) is 9.37. The maximum Gasteiger partial charge on any atom is 0.296 e. The van der Waals surface area contributed by atoms with Crippen LogP contribution in [0.4, 0.5) is 11.4 Å². The monoisotopic (exact) mass is 758 g/mol. The molecular formula is C25H22N6O14S4. The first-order valence-corrected chi connectivity index (χ1v) is 18.5. The van der Waals surface area contributed by atoms with Crippen LogP contribution in [-0.2, 0) is 50.1 Å². The smallest absolute Gasteiger partial charge is 0.296 e. The highest BCUT2D eigenvalue weighted by Gasteiger charge is 2.35. The Morgan fingerprint density at radius 1 is 0.653 bits per heavy atom. The summed E-state index contributed by atoms with van der Waals surface area (Å²) in [5.41, 5.74) is 10.4. The number of amidine groups is 2. The van der Waals surface area contributed by atoms with Crippen molar-refractivity contribution in [2.75, 3.05) is 10.0 Å². The van der Waals surface area contributed by atoms with Gasteiger partial charge in [-0.2, -0.15) is 48.8 Å². The van der Waals surface area contributed by atoms with Crippen LogP contribution in [0.5, 0.6) is 0 Å². The summed E-state index contributed by atoms with van der Waals surface area (Å²) in [6.45, 7) is 0. The molecule has 2 aromatic carbocycles. The summed E-state index contributed by atoms with van der Waals surface area (Å²) in [4.78, 5) is 22.1. The van der Waals surface area contributed by atoms with Crippen molar-refractivity contribution in [3.8, 4) is 0 Å². The minimum absolute atomic E-state index is 0.226. The molecule has 4 rings (SSSR count). The van der Waals surface area contributed by atoms with E-state index in [1.165, 1.54) is 42.5 Å². The Hall–Kier alpha value is -5.08. The van der Waals surface area contributed by atoms with Gasteiger partial charge in [-0.05, 0) is 42.5 Å². The Morgan fingerprint density at radius 3 is 1.76 bits per heavy atom. The first-order valence-electron chi connectivity index (χ1n) is 12.8. The fourth-order valence-corrected chi connectivity index (χ4v) is 6.58. The maximum atomic E-state index is 12.9. The Kier molecular flexibility index (Phi) is 9.81. The van der Waals surface area contributed by atoms with E-state index in [4.69, 9.17) is 11.5 Å². The minimum Gasteiger partial charge on any atom is -0.385 e. The lowest BCUT2D eigenvalue weighted by Gasteiger charge is -2.15. The molecule has 1 unspecified atom stereocenters. The van der Waals surface area contributed by atoms with Gasteiger partial charge in [-0.1, -0.05) is 36.5 Å². The van der Waals surface area contributed by atoms with Gasteiger partial charge in [0, 0.05) is 0 Å². The van der Waals surface area contributed by atoms with E-state index in [1.54, 1.807) is 0 Å². The van der Waals surface area contributed by atoms with Gasteiger partial charge in [0.25, 0.3) is 52.3 Å². The van der Waals surface area contributed by atoms with Gasteiger partial charge in [0.1, 0.15) is 16.6 Å². The molecule has 24 heteroatoms. The van der Waals surface area contributed by atoms with Gasteiger partial charge in [-0.15, -0.1) is 5.10 Å². The van der Waals surface area contributed by atoms with Crippen molar-refractivity contribution in [1.82, 2.24) is 0 Å². The summed E-state index contributed by atoms with van der Waals surface area (Å²) in [5, 5.41) is 8.63. The van der Waals surface area contributed by atoms with E-state index in [1.807, 2.05) is 0 Å². The van der Waals surface area contributed by atoms with Gasteiger partial charge in [-0.25, -0.2) is 0 Å². The van der Waals surface area contributed by atoms with Crippen molar-refractivity contribution in [3.63, 3.8) is 0 Å².